The monoisotopic (exact) mass is 291 g/mol. The highest BCUT2D eigenvalue weighted by Gasteiger charge is 2.33. The van der Waals surface area contributed by atoms with Gasteiger partial charge in [0.25, 0.3) is 0 Å². The van der Waals surface area contributed by atoms with Gasteiger partial charge in [0.2, 0.25) is 5.91 Å². The van der Waals surface area contributed by atoms with Gasteiger partial charge in [0, 0.05) is 38.6 Å². The average Bonchev–Trinajstić information content (AvgIpc) is 2.48. The molecule has 2 aliphatic heterocycles. The molecule has 1 aromatic rings. The first kappa shape index (κ1) is 14.5. The maximum absolute atomic E-state index is 13.4. The number of rotatable bonds is 3. The molecule has 0 saturated carbocycles. The fourth-order valence-electron chi connectivity index (χ4n) is 3.51. The number of nitrogens with zero attached hydrogens (tertiary/aromatic N) is 1. The maximum atomic E-state index is 13.4. The van der Waals surface area contributed by atoms with Crippen molar-refractivity contribution in [1.82, 2.24) is 10.2 Å². The van der Waals surface area contributed by atoms with Crippen molar-refractivity contribution in [1.29, 1.82) is 0 Å². The van der Waals surface area contributed by atoms with Gasteiger partial charge in [0.1, 0.15) is 5.82 Å². The summed E-state index contributed by atoms with van der Waals surface area (Å²) in [5.41, 5.74) is 7.73. The Labute approximate surface area is 124 Å². The average molecular weight is 291 g/mol. The van der Waals surface area contributed by atoms with E-state index >= 15 is 0 Å². The number of piperidine rings is 2. The van der Waals surface area contributed by atoms with Gasteiger partial charge in [-0.15, -0.1) is 0 Å². The van der Waals surface area contributed by atoms with Crippen LogP contribution in [0.1, 0.15) is 30.4 Å². The van der Waals surface area contributed by atoms with Gasteiger partial charge < -0.3 is 11.1 Å². The summed E-state index contributed by atoms with van der Waals surface area (Å²) in [6.07, 6.45) is 2.56. The molecule has 114 valence electrons. The number of carbonyl (C=O) groups is 1. The molecule has 2 saturated heterocycles. The van der Waals surface area contributed by atoms with Gasteiger partial charge >= 0.3 is 0 Å². The third-order valence-corrected chi connectivity index (χ3v) is 4.69. The molecule has 3 rings (SSSR count). The van der Waals surface area contributed by atoms with Crippen molar-refractivity contribution < 1.29 is 9.18 Å². The van der Waals surface area contributed by atoms with Crippen LogP contribution in [0, 0.1) is 11.7 Å². The molecule has 0 radical (unpaired) electrons. The van der Waals surface area contributed by atoms with Crippen molar-refractivity contribution in [2.75, 3.05) is 13.1 Å². The second-order valence-corrected chi connectivity index (χ2v) is 6.11. The summed E-state index contributed by atoms with van der Waals surface area (Å²) in [5.74, 6) is 0.494. The number of nitrogens with two attached hydrogens (primary N) is 1. The van der Waals surface area contributed by atoms with E-state index in [1.165, 1.54) is 6.07 Å². The fraction of sp³-hybridized carbons (Fsp3) is 0.562. The van der Waals surface area contributed by atoms with Crippen molar-refractivity contribution >= 4 is 5.91 Å². The number of hydrogen-bond donors (Lipinski definition) is 2. The Balaban J connectivity index is 1.67. The highest BCUT2D eigenvalue weighted by molar-refractivity contribution is 5.77. The molecule has 2 atom stereocenters. The SMILES string of the molecule is NCc1ccc(F)cc1CN1CCC2NC(=O)CCC2C1. The lowest BCUT2D eigenvalue weighted by molar-refractivity contribution is -0.125. The number of fused-ring (bicyclic) bond motifs is 1. The Morgan fingerprint density at radius 3 is 3.00 bits per heavy atom. The molecule has 2 unspecified atom stereocenters. The van der Waals surface area contributed by atoms with E-state index in [1.54, 1.807) is 12.1 Å². The van der Waals surface area contributed by atoms with Crippen molar-refractivity contribution in [2.45, 2.75) is 38.4 Å². The van der Waals surface area contributed by atoms with Crippen LogP contribution in [-0.4, -0.2) is 29.9 Å². The van der Waals surface area contributed by atoms with Crippen LogP contribution < -0.4 is 11.1 Å². The molecule has 1 aromatic carbocycles. The lowest BCUT2D eigenvalue weighted by Gasteiger charge is -2.41. The van der Waals surface area contributed by atoms with E-state index in [9.17, 15) is 9.18 Å². The van der Waals surface area contributed by atoms with Crippen LogP contribution in [-0.2, 0) is 17.9 Å². The quantitative estimate of drug-likeness (QED) is 0.884. The minimum absolute atomic E-state index is 0.181. The predicted molar refractivity (Wildman–Crippen MR) is 78.8 cm³/mol. The molecule has 0 spiro atoms. The first-order valence-corrected chi connectivity index (χ1v) is 7.65. The summed E-state index contributed by atoms with van der Waals surface area (Å²) in [6.45, 7) is 3.07. The Morgan fingerprint density at radius 1 is 1.33 bits per heavy atom. The highest BCUT2D eigenvalue weighted by Crippen LogP contribution is 2.26. The Kier molecular flexibility index (Phi) is 4.22. The number of halogens is 1. The first-order valence-electron chi connectivity index (χ1n) is 7.65. The summed E-state index contributed by atoms with van der Waals surface area (Å²) in [6, 6.07) is 5.16. The molecule has 2 fully saturated rings. The third-order valence-electron chi connectivity index (χ3n) is 4.69. The van der Waals surface area contributed by atoms with Crippen LogP contribution >= 0.6 is 0 Å². The maximum Gasteiger partial charge on any atom is 0.220 e. The molecule has 2 heterocycles. The van der Waals surface area contributed by atoms with Crippen molar-refractivity contribution in [3.63, 3.8) is 0 Å². The van der Waals surface area contributed by atoms with Gasteiger partial charge in [-0.05, 0) is 42.0 Å². The van der Waals surface area contributed by atoms with Crippen LogP contribution in [0.2, 0.25) is 0 Å². The second-order valence-electron chi connectivity index (χ2n) is 6.11. The Hall–Kier alpha value is -1.46. The molecular weight excluding hydrogens is 269 g/mol. The van der Waals surface area contributed by atoms with E-state index in [2.05, 4.69) is 10.2 Å². The van der Waals surface area contributed by atoms with E-state index in [-0.39, 0.29) is 11.7 Å². The zero-order chi connectivity index (χ0) is 14.8. The summed E-state index contributed by atoms with van der Waals surface area (Å²) in [5, 5.41) is 3.09. The molecule has 3 N–H and O–H groups in total. The summed E-state index contributed by atoms with van der Waals surface area (Å²) >= 11 is 0. The molecule has 5 heteroatoms. The molecule has 0 aromatic heterocycles. The van der Waals surface area contributed by atoms with Gasteiger partial charge in [-0.2, -0.15) is 0 Å². The minimum Gasteiger partial charge on any atom is -0.353 e. The highest BCUT2D eigenvalue weighted by atomic mass is 19.1. The van der Waals surface area contributed by atoms with Crippen molar-refractivity contribution in [2.24, 2.45) is 11.7 Å². The molecule has 21 heavy (non-hydrogen) atoms. The van der Waals surface area contributed by atoms with Crippen LogP contribution in [0.15, 0.2) is 18.2 Å². The van der Waals surface area contributed by atoms with Crippen LogP contribution in [0.25, 0.3) is 0 Å². The fourth-order valence-corrected chi connectivity index (χ4v) is 3.51. The van der Waals surface area contributed by atoms with Crippen molar-refractivity contribution in [3.05, 3.63) is 35.1 Å². The number of benzene rings is 1. The molecular formula is C16H22FN3O. The number of nitrogens with one attached hydrogen (secondary N) is 1. The number of likely N-dealkylation sites (tertiary alicyclic amines) is 1. The van der Waals surface area contributed by atoms with Gasteiger partial charge in [-0.3, -0.25) is 9.69 Å². The topological polar surface area (TPSA) is 58.4 Å². The van der Waals surface area contributed by atoms with Gasteiger partial charge in [0.05, 0.1) is 0 Å². The Bertz CT molecular complexity index is 534. The summed E-state index contributed by atoms with van der Waals surface area (Å²) in [7, 11) is 0. The zero-order valence-corrected chi connectivity index (χ0v) is 12.1. The normalized spacial score (nSPS) is 26.3. The lowest BCUT2D eigenvalue weighted by atomic mass is 9.85. The molecule has 0 bridgehead atoms. The molecule has 2 aliphatic rings. The van der Waals surface area contributed by atoms with Crippen molar-refractivity contribution in [3.8, 4) is 0 Å². The number of hydrogen-bond acceptors (Lipinski definition) is 3. The largest absolute Gasteiger partial charge is 0.353 e. The number of carbonyl (C=O) groups excluding carboxylic acids is 1. The molecule has 4 nitrogen and oxygen atoms in total. The summed E-state index contributed by atoms with van der Waals surface area (Å²) in [4.78, 5) is 13.8. The van der Waals surface area contributed by atoms with E-state index in [1.807, 2.05) is 0 Å². The first-order chi connectivity index (χ1) is 10.2. The molecule has 0 aliphatic carbocycles. The van der Waals surface area contributed by atoms with Gasteiger partial charge in [-0.25, -0.2) is 4.39 Å². The zero-order valence-electron chi connectivity index (χ0n) is 12.1. The smallest absolute Gasteiger partial charge is 0.220 e. The summed E-state index contributed by atoms with van der Waals surface area (Å²) < 4.78 is 13.4. The van der Waals surface area contributed by atoms with Crippen LogP contribution in [0.4, 0.5) is 4.39 Å². The van der Waals surface area contributed by atoms with E-state index in [0.29, 0.717) is 24.9 Å². The van der Waals surface area contributed by atoms with E-state index in [4.69, 9.17) is 5.73 Å². The van der Waals surface area contributed by atoms with E-state index < -0.39 is 0 Å². The molecule has 1 amide bonds. The lowest BCUT2D eigenvalue weighted by Crippen LogP contribution is -2.53. The van der Waals surface area contributed by atoms with Crippen LogP contribution in [0.5, 0.6) is 0 Å². The Morgan fingerprint density at radius 2 is 2.19 bits per heavy atom. The minimum atomic E-state index is -0.206. The van der Waals surface area contributed by atoms with Gasteiger partial charge in [0.15, 0.2) is 0 Å². The third kappa shape index (κ3) is 3.24. The predicted octanol–water partition coefficient (Wildman–Crippen LogP) is 1.38. The standard InChI is InChI=1S/C16H22FN3O/c17-14-3-1-11(8-18)13(7-14)10-20-6-5-15-12(9-20)2-4-16(21)19-15/h1,3,7,12,15H,2,4-6,8-10,18H2,(H,19,21). The van der Waals surface area contributed by atoms with E-state index in [0.717, 1.165) is 43.6 Å². The van der Waals surface area contributed by atoms with Crippen LogP contribution in [0.3, 0.4) is 0 Å². The second kappa shape index (κ2) is 6.12. The van der Waals surface area contributed by atoms with Gasteiger partial charge in [-0.1, -0.05) is 6.07 Å². The number of amides is 1.